The van der Waals surface area contributed by atoms with Gasteiger partial charge in [-0.15, -0.1) is 0 Å². The fraction of sp³-hybridized carbons (Fsp3) is 0. The molecule has 0 amide bonds. The number of hydrogen-bond donors (Lipinski definition) is 0. The van der Waals surface area contributed by atoms with Crippen LogP contribution in [-0.2, 0) is 0 Å². The molecule has 16 heavy (non-hydrogen) atoms. The second kappa shape index (κ2) is 4.67. The molecule has 1 aliphatic rings. The standard InChI is InChI=1S/C13H8NS.Sr.H/c1-3-7-12-10(5-1)9-14-11-6-2-4-8-13(11)15-12;;/h1-8H;;. The van der Waals surface area contributed by atoms with Gasteiger partial charge in [0.05, 0.1) is 0 Å². The Kier molecular flexibility index (Phi) is 3.23. The van der Waals surface area contributed by atoms with Crippen LogP contribution in [0.1, 0.15) is 5.56 Å². The summed E-state index contributed by atoms with van der Waals surface area (Å²) in [5.74, 6) is 0. The third-order valence-corrected chi connectivity index (χ3v) is 5.66. The van der Waals surface area contributed by atoms with E-state index in [4.69, 9.17) is 4.99 Å². The van der Waals surface area contributed by atoms with Crippen LogP contribution >= 0.6 is 11.8 Å². The molecule has 0 atom stereocenters. The average Bonchev–Trinajstić information content (AvgIpc) is 2.45. The summed E-state index contributed by atoms with van der Waals surface area (Å²) in [6.07, 6.45) is 0. The van der Waals surface area contributed by atoms with E-state index in [0.29, 0.717) is 43.3 Å². The number of aliphatic imine (C=N–C) groups is 1. The zero-order valence-corrected chi connectivity index (χ0v) is 14.7. The van der Waals surface area contributed by atoms with E-state index in [1.54, 1.807) is 0 Å². The molecule has 0 saturated heterocycles. The number of rotatable bonds is 0. The van der Waals surface area contributed by atoms with Crippen molar-refractivity contribution in [1.82, 2.24) is 0 Å². The Morgan fingerprint density at radius 3 is 2.44 bits per heavy atom. The second-order valence-electron chi connectivity index (χ2n) is 3.76. The molecule has 0 fully saturated rings. The summed E-state index contributed by atoms with van der Waals surface area (Å²) in [6, 6.07) is 17.0. The first-order valence-corrected chi connectivity index (χ1v) is 8.53. The van der Waals surface area contributed by atoms with Gasteiger partial charge in [-0.3, -0.25) is 0 Å². The molecule has 2 aromatic carbocycles. The van der Waals surface area contributed by atoms with Crippen LogP contribution in [0, 0.1) is 0 Å². The maximum atomic E-state index is 4.77. The number of nitrogens with zero attached hydrogens (tertiary/aromatic N) is 1. The van der Waals surface area contributed by atoms with Crippen LogP contribution in [0.25, 0.3) is 0 Å². The van der Waals surface area contributed by atoms with E-state index in [0.717, 1.165) is 5.69 Å². The Bertz CT molecular complexity index is 578. The Hall–Kier alpha value is -0.0595. The van der Waals surface area contributed by atoms with Gasteiger partial charge >= 0.3 is 130 Å². The van der Waals surface area contributed by atoms with E-state index in [9.17, 15) is 0 Å². The van der Waals surface area contributed by atoms with Gasteiger partial charge < -0.3 is 0 Å². The molecular formula is C13H9NSSr. The van der Waals surface area contributed by atoms with Crippen LogP contribution < -0.4 is 0 Å². The van der Waals surface area contributed by atoms with Gasteiger partial charge in [-0.1, -0.05) is 0 Å². The summed E-state index contributed by atoms with van der Waals surface area (Å²) in [5, 5.41) is 0. The normalized spacial score (nSPS) is 13.3. The molecule has 0 bridgehead atoms. The van der Waals surface area contributed by atoms with Crippen molar-refractivity contribution in [3.05, 3.63) is 54.1 Å². The van der Waals surface area contributed by atoms with Gasteiger partial charge in [0, 0.05) is 0 Å². The zero-order chi connectivity index (χ0) is 11.0. The van der Waals surface area contributed by atoms with Crippen LogP contribution in [0.4, 0.5) is 5.69 Å². The molecule has 3 heteroatoms. The Labute approximate surface area is 128 Å². The van der Waals surface area contributed by atoms with Crippen molar-refractivity contribution in [2.45, 2.75) is 9.79 Å². The Morgan fingerprint density at radius 2 is 1.56 bits per heavy atom. The molecule has 1 nitrogen and oxygen atoms in total. The van der Waals surface area contributed by atoms with E-state index in [-0.39, 0.29) is 0 Å². The predicted octanol–water partition coefficient (Wildman–Crippen LogP) is 3.13. The van der Waals surface area contributed by atoms with Crippen LogP contribution in [0.15, 0.2) is 63.3 Å². The third kappa shape index (κ3) is 2.03. The van der Waals surface area contributed by atoms with Gasteiger partial charge in [-0.2, -0.15) is 0 Å². The van der Waals surface area contributed by atoms with Crippen LogP contribution in [0.2, 0.25) is 0 Å². The molecule has 3 rings (SSSR count). The maximum absolute atomic E-state index is 4.77. The molecule has 0 aromatic heterocycles. The van der Waals surface area contributed by atoms with Gasteiger partial charge in [-0.25, -0.2) is 0 Å². The van der Waals surface area contributed by atoms with Crippen molar-refractivity contribution < 1.29 is 0 Å². The van der Waals surface area contributed by atoms with E-state index < -0.39 is 0 Å². The van der Waals surface area contributed by atoms with E-state index in [1.165, 1.54) is 16.0 Å². The molecular weight excluding hydrogens is 290 g/mol. The minimum atomic E-state index is 0.422. The van der Waals surface area contributed by atoms with Gasteiger partial charge in [0.25, 0.3) is 0 Å². The van der Waals surface area contributed by atoms with Crippen molar-refractivity contribution in [2.24, 2.45) is 4.99 Å². The van der Waals surface area contributed by atoms with Gasteiger partial charge in [0.2, 0.25) is 0 Å². The van der Waals surface area contributed by atoms with E-state index >= 15 is 0 Å². The summed E-state index contributed by atoms with van der Waals surface area (Å²) in [7, 11) is 0. The number of fused-ring (bicyclic) bond motifs is 2. The molecule has 1 aliphatic heterocycles. The van der Waals surface area contributed by atoms with Crippen molar-refractivity contribution in [3.8, 4) is 0 Å². The van der Waals surface area contributed by atoms with Crippen molar-refractivity contribution in [1.29, 1.82) is 0 Å². The first kappa shape index (κ1) is 11.1. The summed E-state index contributed by atoms with van der Waals surface area (Å²) in [5.41, 5.74) is 2.46. The minimum absolute atomic E-state index is 0.422. The fourth-order valence-electron chi connectivity index (χ4n) is 1.85. The van der Waals surface area contributed by atoms with Crippen molar-refractivity contribution in [2.75, 3.05) is 0 Å². The molecule has 0 aliphatic carbocycles. The molecule has 0 N–H and O–H groups in total. The predicted molar refractivity (Wildman–Crippen MR) is 70.4 cm³/mol. The Morgan fingerprint density at radius 1 is 0.875 bits per heavy atom. The second-order valence-corrected chi connectivity index (χ2v) is 7.18. The summed E-state index contributed by atoms with van der Waals surface area (Å²) in [6.45, 7) is 0. The summed E-state index contributed by atoms with van der Waals surface area (Å²) >= 11 is 2.25. The molecule has 74 valence electrons. The van der Waals surface area contributed by atoms with Crippen LogP contribution in [0.3, 0.4) is 0 Å². The van der Waals surface area contributed by atoms with Crippen molar-refractivity contribution >= 4 is 61.4 Å². The van der Waals surface area contributed by atoms with Gasteiger partial charge in [-0.05, 0) is 0 Å². The first-order valence-electron chi connectivity index (χ1n) is 5.26. The third-order valence-electron chi connectivity index (χ3n) is 2.65. The SMILES string of the molecule is [SrH][C]1=Nc2ccccc2Sc2ccccc21. The fourth-order valence-corrected chi connectivity index (χ4v) is 5.03. The quantitative estimate of drug-likeness (QED) is 0.681. The molecule has 1 heterocycles. The van der Waals surface area contributed by atoms with Crippen molar-refractivity contribution in [3.63, 3.8) is 0 Å². The molecule has 2 aromatic rings. The topological polar surface area (TPSA) is 12.4 Å². The molecule has 0 saturated carbocycles. The number of para-hydroxylation sites is 1. The first-order chi connectivity index (χ1) is 7.84. The molecule has 0 unspecified atom stereocenters. The Balaban J connectivity index is 2.25. The number of hydrogen-bond acceptors (Lipinski definition) is 2. The zero-order valence-electron chi connectivity index (χ0n) is 8.97. The summed E-state index contributed by atoms with van der Waals surface area (Å²) in [4.78, 5) is 7.37. The van der Waals surface area contributed by atoms with Gasteiger partial charge in [0.1, 0.15) is 0 Å². The van der Waals surface area contributed by atoms with Crippen LogP contribution in [-0.4, -0.2) is 43.9 Å². The van der Waals surface area contributed by atoms with E-state index in [2.05, 4.69) is 48.5 Å². The van der Waals surface area contributed by atoms with Crippen LogP contribution in [0.5, 0.6) is 0 Å². The molecule has 0 radical (unpaired) electrons. The van der Waals surface area contributed by atoms with E-state index in [1.807, 2.05) is 11.8 Å². The summed E-state index contributed by atoms with van der Waals surface area (Å²) < 4.78 is 1.30. The average molecular weight is 299 g/mol. The van der Waals surface area contributed by atoms with Gasteiger partial charge in [0.15, 0.2) is 0 Å². The molecule has 0 spiro atoms. The number of benzene rings is 2. The monoisotopic (exact) mass is 299 g/mol.